The van der Waals surface area contributed by atoms with Gasteiger partial charge in [0.2, 0.25) is 5.91 Å². The molecule has 3 N–H and O–H groups in total. The van der Waals surface area contributed by atoms with E-state index in [-0.39, 0.29) is 18.2 Å². The molecule has 0 fully saturated rings. The third-order valence-electron chi connectivity index (χ3n) is 1.96. The Kier molecular flexibility index (Phi) is 3.92. The lowest BCUT2D eigenvalue weighted by atomic mass is 10.0. The van der Waals surface area contributed by atoms with Gasteiger partial charge in [-0.15, -0.1) is 10.2 Å². The van der Waals surface area contributed by atoms with Crippen LogP contribution in [0.2, 0.25) is 0 Å². The van der Waals surface area contributed by atoms with E-state index in [0.717, 1.165) is 0 Å². The Balaban J connectivity index is 2.52. The minimum Gasteiger partial charge on any atom is -0.480 e. The van der Waals surface area contributed by atoms with E-state index in [1.165, 1.54) is 0 Å². The van der Waals surface area contributed by atoms with Crippen LogP contribution in [0.25, 0.3) is 0 Å². The highest BCUT2D eigenvalue weighted by atomic mass is 16.4. The van der Waals surface area contributed by atoms with Gasteiger partial charge in [-0.2, -0.15) is 5.21 Å². The van der Waals surface area contributed by atoms with Crippen LogP contribution in [-0.4, -0.2) is 43.6 Å². The van der Waals surface area contributed by atoms with Crippen LogP contribution >= 0.6 is 0 Å². The van der Waals surface area contributed by atoms with E-state index in [4.69, 9.17) is 5.11 Å². The van der Waals surface area contributed by atoms with Crippen LogP contribution in [0.15, 0.2) is 0 Å². The molecule has 8 heteroatoms. The fourth-order valence-electron chi connectivity index (χ4n) is 1.14. The Morgan fingerprint density at radius 2 is 2.19 bits per heavy atom. The number of tetrazole rings is 1. The summed E-state index contributed by atoms with van der Waals surface area (Å²) in [5.74, 6) is -1.46. The van der Waals surface area contributed by atoms with E-state index in [2.05, 4.69) is 25.9 Å². The van der Waals surface area contributed by atoms with Gasteiger partial charge in [0.1, 0.15) is 6.04 Å². The second kappa shape index (κ2) is 5.19. The maximum absolute atomic E-state index is 11.4. The monoisotopic (exact) mass is 227 g/mol. The molecular weight excluding hydrogens is 214 g/mol. The highest BCUT2D eigenvalue weighted by molar-refractivity contribution is 5.84. The highest BCUT2D eigenvalue weighted by Gasteiger charge is 2.23. The third-order valence-corrected chi connectivity index (χ3v) is 1.96. The highest BCUT2D eigenvalue weighted by Crippen LogP contribution is 2.02. The molecule has 0 spiro atoms. The van der Waals surface area contributed by atoms with Gasteiger partial charge in [0.05, 0.1) is 6.42 Å². The Hall–Kier alpha value is -1.99. The zero-order valence-corrected chi connectivity index (χ0v) is 8.97. The number of aliphatic carboxylic acids is 1. The van der Waals surface area contributed by atoms with Crippen molar-refractivity contribution in [2.45, 2.75) is 26.3 Å². The van der Waals surface area contributed by atoms with Crippen LogP contribution in [-0.2, 0) is 16.0 Å². The smallest absolute Gasteiger partial charge is 0.326 e. The summed E-state index contributed by atoms with van der Waals surface area (Å²) in [5, 5.41) is 23.9. The van der Waals surface area contributed by atoms with Crippen molar-refractivity contribution in [1.82, 2.24) is 25.9 Å². The molecule has 1 amide bonds. The Morgan fingerprint density at radius 1 is 1.50 bits per heavy atom. The zero-order chi connectivity index (χ0) is 12.1. The topological polar surface area (TPSA) is 121 Å². The van der Waals surface area contributed by atoms with Crippen LogP contribution in [0, 0.1) is 5.92 Å². The van der Waals surface area contributed by atoms with Crippen LogP contribution in [0.5, 0.6) is 0 Å². The molecule has 1 unspecified atom stereocenters. The van der Waals surface area contributed by atoms with Gasteiger partial charge in [0, 0.05) is 0 Å². The van der Waals surface area contributed by atoms with Crippen LogP contribution < -0.4 is 5.32 Å². The van der Waals surface area contributed by atoms with Crippen molar-refractivity contribution in [1.29, 1.82) is 0 Å². The molecule has 0 saturated heterocycles. The minimum absolute atomic E-state index is 0.0903. The van der Waals surface area contributed by atoms with Gasteiger partial charge >= 0.3 is 5.97 Å². The molecule has 1 aromatic heterocycles. The molecule has 88 valence electrons. The molecule has 0 saturated carbocycles. The van der Waals surface area contributed by atoms with E-state index in [1.807, 2.05) is 0 Å². The number of carbonyl (C=O) groups is 2. The van der Waals surface area contributed by atoms with Gasteiger partial charge in [0.25, 0.3) is 0 Å². The number of rotatable bonds is 5. The average Bonchev–Trinajstić information content (AvgIpc) is 2.65. The standard InChI is InChI=1S/C8H13N5O3/c1-4(2)7(8(15)16)9-6(14)3-5-10-12-13-11-5/h4,7H,3H2,1-2H3,(H,9,14)(H,15,16)(H,10,11,12,13). The third kappa shape index (κ3) is 3.30. The number of aromatic amines is 1. The Morgan fingerprint density at radius 3 is 2.62 bits per heavy atom. The maximum Gasteiger partial charge on any atom is 0.326 e. The van der Waals surface area contributed by atoms with Gasteiger partial charge in [-0.05, 0) is 5.92 Å². The first-order chi connectivity index (χ1) is 7.50. The molecule has 1 heterocycles. The summed E-state index contributed by atoms with van der Waals surface area (Å²) in [6.07, 6.45) is -0.0903. The summed E-state index contributed by atoms with van der Waals surface area (Å²) < 4.78 is 0. The molecule has 1 atom stereocenters. The van der Waals surface area contributed by atoms with Crippen LogP contribution in [0.4, 0.5) is 0 Å². The average molecular weight is 227 g/mol. The lowest BCUT2D eigenvalue weighted by molar-refractivity contribution is -0.143. The number of carbonyl (C=O) groups excluding carboxylic acids is 1. The lowest BCUT2D eigenvalue weighted by Gasteiger charge is -2.17. The van der Waals surface area contributed by atoms with Crippen LogP contribution in [0.1, 0.15) is 19.7 Å². The van der Waals surface area contributed by atoms with Gasteiger partial charge in [-0.25, -0.2) is 4.79 Å². The number of nitrogens with zero attached hydrogens (tertiary/aromatic N) is 3. The number of nitrogens with one attached hydrogen (secondary N) is 2. The maximum atomic E-state index is 11.4. The molecule has 0 bridgehead atoms. The van der Waals surface area contributed by atoms with Gasteiger partial charge in [-0.1, -0.05) is 19.1 Å². The second-order valence-corrected chi connectivity index (χ2v) is 3.63. The zero-order valence-electron chi connectivity index (χ0n) is 8.97. The summed E-state index contributed by atoms with van der Waals surface area (Å²) >= 11 is 0. The second-order valence-electron chi connectivity index (χ2n) is 3.63. The van der Waals surface area contributed by atoms with Crippen molar-refractivity contribution in [3.63, 3.8) is 0 Å². The largest absolute Gasteiger partial charge is 0.480 e. The number of amides is 1. The van der Waals surface area contributed by atoms with Crippen molar-refractivity contribution in [3.05, 3.63) is 5.82 Å². The first-order valence-corrected chi connectivity index (χ1v) is 4.75. The van der Waals surface area contributed by atoms with Gasteiger partial charge in [-0.3, -0.25) is 4.79 Å². The summed E-state index contributed by atoms with van der Waals surface area (Å²) in [7, 11) is 0. The minimum atomic E-state index is -1.06. The van der Waals surface area contributed by atoms with E-state index in [9.17, 15) is 9.59 Å². The summed E-state index contributed by atoms with van der Waals surface area (Å²) in [6.45, 7) is 3.43. The molecule has 0 aliphatic rings. The van der Waals surface area contributed by atoms with E-state index in [0.29, 0.717) is 0 Å². The first-order valence-electron chi connectivity index (χ1n) is 4.75. The fourth-order valence-corrected chi connectivity index (χ4v) is 1.14. The Labute approximate surface area is 91.4 Å². The predicted octanol–water partition coefficient (Wildman–Crippen LogP) is -1.03. The number of hydrogen-bond acceptors (Lipinski definition) is 5. The normalized spacial score (nSPS) is 12.4. The van der Waals surface area contributed by atoms with E-state index < -0.39 is 17.9 Å². The van der Waals surface area contributed by atoms with Gasteiger partial charge < -0.3 is 10.4 Å². The Bertz CT molecular complexity index is 362. The predicted molar refractivity (Wildman–Crippen MR) is 52.3 cm³/mol. The van der Waals surface area contributed by atoms with Gasteiger partial charge in [0.15, 0.2) is 5.82 Å². The summed E-state index contributed by atoms with van der Waals surface area (Å²) in [5.41, 5.74) is 0. The van der Waals surface area contributed by atoms with Crippen LogP contribution in [0.3, 0.4) is 0 Å². The number of carboxylic acids is 1. The van der Waals surface area contributed by atoms with E-state index in [1.54, 1.807) is 13.8 Å². The molecule has 0 radical (unpaired) electrons. The van der Waals surface area contributed by atoms with Crippen molar-refractivity contribution in [3.8, 4) is 0 Å². The van der Waals surface area contributed by atoms with Crippen molar-refractivity contribution in [2.75, 3.05) is 0 Å². The van der Waals surface area contributed by atoms with Crippen molar-refractivity contribution >= 4 is 11.9 Å². The molecule has 0 aliphatic carbocycles. The number of hydrogen-bond donors (Lipinski definition) is 3. The number of H-pyrrole nitrogens is 1. The fraction of sp³-hybridized carbons (Fsp3) is 0.625. The SMILES string of the molecule is CC(C)C(NC(=O)Cc1nn[nH]n1)C(=O)O. The summed E-state index contributed by atoms with van der Waals surface area (Å²) in [6, 6.07) is -0.903. The van der Waals surface area contributed by atoms with Crippen molar-refractivity contribution in [2.24, 2.45) is 5.92 Å². The molecular formula is C8H13N5O3. The molecule has 1 rings (SSSR count). The van der Waals surface area contributed by atoms with Crippen molar-refractivity contribution < 1.29 is 14.7 Å². The molecule has 0 aromatic carbocycles. The molecule has 0 aliphatic heterocycles. The number of carboxylic acid groups (broad SMARTS) is 1. The molecule has 8 nitrogen and oxygen atoms in total. The summed E-state index contributed by atoms with van der Waals surface area (Å²) in [4.78, 5) is 22.2. The quantitative estimate of drug-likeness (QED) is 0.591. The molecule has 1 aromatic rings. The van der Waals surface area contributed by atoms with E-state index >= 15 is 0 Å². The first kappa shape index (κ1) is 12.1. The lowest BCUT2D eigenvalue weighted by Crippen LogP contribution is -2.45. The number of aromatic nitrogens is 4. The molecule has 16 heavy (non-hydrogen) atoms.